The maximum absolute atomic E-state index is 13.2. The molecule has 0 bridgehead atoms. The number of fused-ring (bicyclic) bond motifs is 1. The quantitative estimate of drug-likeness (QED) is 0.600. The molecule has 2 aliphatic heterocycles. The van der Waals surface area contributed by atoms with E-state index in [-0.39, 0.29) is 17.7 Å². The van der Waals surface area contributed by atoms with Crippen LogP contribution in [0.25, 0.3) is 16.7 Å². The average molecular weight is 445 g/mol. The molecule has 3 heterocycles. The molecule has 1 unspecified atom stereocenters. The summed E-state index contributed by atoms with van der Waals surface area (Å²) in [5.41, 5.74) is 3.54. The second kappa shape index (κ2) is 9.00. The van der Waals surface area contributed by atoms with Gasteiger partial charge in [-0.3, -0.25) is 14.2 Å². The van der Waals surface area contributed by atoms with Crippen molar-refractivity contribution in [1.82, 2.24) is 19.4 Å². The van der Waals surface area contributed by atoms with Crippen LogP contribution in [0.3, 0.4) is 0 Å². The van der Waals surface area contributed by atoms with Crippen molar-refractivity contribution in [3.63, 3.8) is 0 Å². The van der Waals surface area contributed by atoms with Crippen molar-refractivity contribution in [3.8, 4) is 5.69 Å². The molecule has 3 aromatic rings. The minimum Gasteiger partial charge on any atom is -0.342 e. The SMILES string of the molecule is Cc1nc2cc(C(=O)N3CCC(C(=O)N4CCCC(C)C4)CC3)ccc2n1-c1ccccc1. The van der Waals surface area contributed by atoms with Crippen LogP contribution in [0.2, 0.25) is 0 Å². The molecule has 6 nitrogen and oxygen atoms in total. The molecule has 1 aromatic heterocycles. The molecule has 33 heavy (non-hydrogen) atoms. The van der Waals surface area contributed by atoms with Crippen LogP contribution in [-0.4, -0.2) is 57.3 Å². The molecule has 0 aliphatic carbocycles. The van der Waals surface area contributed by atoms with E-state index < -0.39 is 0 Å². The van der Waals surface area contributed by atoms with Gasteiger partial charge in [0.25, 0.3) is 5.91 Å². The number of amides is 2. The van der Waals surface area contributed by atoms with Gasteiger partial charge in [-0.2, -0.15) is 0 Å². The van der Waals surface area contributed by atoms with Gasteiger partial charge < -0.3 is 9.80 Å². The van der Waals surface area contributed by atoms with Crippen LogP contribution in [0.4, 0.5) is 0 Å². The Morgan fingerprint density at radius 3 is 2.42 bits per heavy atom. The van der Waals surface area contributed by atoms with Crippen molar-refractivity contribution in [2.45, 2.75) is 39.5 Å². The Hall–Kier alpha value is -3.15. The van der Waals surface area contributed by atoms with Crippen molar-refractivity contribution in [1.29, 1.82) is 0 Å². The lowest BCUT2D eigenvalue weighted by molar-refractivity contribution is -0.138. The fourth-order valence-electron chi connectivity index (χ4n) is 5.40. The Kier molecular flexibility index (Phi) is 5.92. The van der Waals surface area contributed by atoms with Crippen LogP contribution in [-0.2, 0) is 4.79 Å². The Bertz CT molecular complexity index is 1160. The predicted molar refractivity (Wildman–Crippen MR) is 129 cm³/mol. The monoisotopic (exact) mass is 444 g/mol. The van der Waals surface area contributed by atoms with E-state index in [1.54, 1.807) is 0 Å². The number of aromatic nitrogens is 2. The Labute approximate surface area is 195 Å². The van der Waals surface area contributed by atoms with Crippen molar-refractivity contribution >= 4 is 22.8 Å². The summed E-state index contributed by atoms with van der Waals surface area (Å²) in [7, 11) is 0. The van der Waals surface area contributed by atoms with Gasteiger partial charge in [-0.05, 0) is 68.9 Å². The molecule has 2 aromatic carbocycles. The minimum absolute atomic E-state index is 0.0290. The van der Waals surface area contributed by atoms with Crippen LogP contribution in [0, 0.1) is 18.8 Å². The number of rotatable bonds is 3. The number of likely N-dealkylation sites (tertiary alicyclic amines) is 2. The van der Waals surface area contributed by atoms with Crippen LogP contribution in [0.1, 0.15) is 48.8 Å². The predicted octanol–water partition coefficient (Wildman–Crippen LogP) is 4.44. The Balaban J connectivity index is 1.27. The van der Waals surface area contributed by atoms with E-state index in [4.69, 9.17) is 4.98 Å². The molecule has 0 spiro atoms. The van der Waals surface area contributed by atoms with E-state index in [0.29, 0.717) is 24.6 Å². The van der Waals surface area contributed by atoms with Gasteiger partial charge in [0.15, 0.2) is 0 Å². The van der Waals surface area contributed by atoms with Gasteiger partial charge in [0.2, 0.25) is 5.91 Å². The summed E-state index contributed by atoms with van der Waals surface area (Å²) < 4.78 is 2.11. The molecule has 172 valence electrons. The molecule has 2 aliphatic rings. The minimum atomic E-state index is 0.0290. The average Bonchev–Trinajstić information content (AvgIpc) is 3.18. The number of nitrogens with zero attached hydrogens (tertiary/aromatic N) is 4. The van der Waals surface area contributed by atoms with E-state index in [1.165, 1.54) is 6.42 Å². The van der Waals surface area contributed by atoms with Crippen molar-refractivity contribution in [2.75, 3.05) is 26.2 Å². The highest BCUT2D eigenvalue weighted by molar-refractivity contribution is 5.98. The zero-order valence-electron chi connectivity index (χ0n) is 19.5. The largest absolute Gasteiger partial charge is 0.342 e. The molecule has 5 rings (SSSR count). The molecule has 2 saturated heterocycles. The normalized spacial score (nSPS) is 19.8. The van der Waals surface area contributed by atoms with Crippen LogP contribution < -0.4 is 0 Å². The Morgan fingerprint density at radius 2 is 1.70 bits per heavy atom. The number of carbonyl (C=O) groups excluding carboxylic acids is 2. The Morgan fingerprint density at radius 1 is 0.939 bits per heavy atom. The van der Waals surface area contributed by atoms with Gasteiger partial charge in [-0.1, -0.05) is 25.1 Å². The number of aryl methyl sites for hydroxylation is 1. The third-order valence-corrected chi connectivity index (χ3v) is 7.18. The number of carbonyl (C=O) groups is 2. The first kappa shape index (κ1) is 21.7. The summed E-state index contributed by atoms with van der Waals surface area (Å²) in [5.74, 6) is 1.85. The lowest BCUT2D eigenvalue weighted by Crippen LogP contribution is -2.47. The molecule has 0 radical (unpaired) electrons. The second-order valence-corrected chi connectivity index (χ2v) is 9.63. The van der Waals surface area contributed by atoms with Gasteiger partial charge in [0, 0.05) is 43.3 Å². The topological polar surface area (TPSA) is 58.4 Å². The molecule has 0 N–H and O–H groups in total. The molecule has 0 saturated carbocycles. The highest BCUT2D eigenvalue weighted by Gasteiger charge is 2.32. The first-order valence-electron chi connectivity index (χ1n) is 12.1. The number of piperidine rings is 2. The summed E-state index contributed by atoms with van der Waals surface area (Å²) in [6, 6.07) is 15.9. The molecular weight excluding hydrogens is 412 g/mol. The lowest BCUT2D eigenvalue weighted by Gasteiger charge is -2.37. The van der Waals surface area contributed by atoms with E-state index in [0.717, 1.165) is 54.9 Å². The second-order valence-electron chi connectivity index (χ2n) is 9.63. The molecular formula is C27H32N4O2. The van der Waals surface area contributed by atoms with Gasteiger partial charge in [0.1, 0.15) is 5.82 Å². The first-order valence-corrected chi connectivity index (χ1v) is 12.1. The smallest absolute Gasteiger partial charge is 0.253 e. The highest BCUT2D eigenvalue weighted by Crippen LogP contribution is 2.26. The van der Waals surface area contributed by atoms with Gasteiger partial charge in [-0.25, -0.2) is 4.98 Å². The molecule has 2 amide bonds. The van der Waals surface area contributed by atoms with E-state index in [9.17, 15) is 9.59 Å². The third-order valence-electron chi connectivity index (χ3n) is 7.18. The summed E-state index contributed by atoms with van der Waals surface area (Å²) in [6.07, 6.45) is 3.81. The summed E-state index contributed by atoms with van der Waals surface area (Å²) in [6.45, 7) is 7.24. The van der Waals surface area contributed by atoms with Crippen molar-refractivity contribution in [2.24, 2.45) is 11.8 Å². The number of hydrogen-bond acceptors (Lipinski definition) is 3. The maximum Gasteiger partial charge on any atom is 0.253 e. The fraction of sp³-hybridized carbons (Fsp3) is 0.444. The zero-order chi connectivity index (χ0) is 22.9. The summed E-state index contributed by atoms with van der Waals surface area (Å²) in [4.78, 5) is 34.8. The summed E-state index contributed by atoms with van der Waals surface area (Å²) >= 11 is 0. The van der Waals surface area contributed by atoms with Crippen LogP contribution >= 0.6 is 0 Å². The van der Waals surface area contributed by atoms with Crippen LogP contribution in [0.5, 0.6) is 0 Å². The van der Waals surface area contributed by atoms with E-state index >= 15 is 0 Å². The number of imidazole rings is 1. The fourth-order valence-corrected chi connectivity index (χ4v) is 5.40. The van der Waals surface area contributed by atoms with Crippen molar-refractivity contribution < 1.29 is 9.59 Å². The molecule has 6 heteroatoms. The lowest BCUT2D eigenvalue weighted by atomic mass is 9.92. The standard InChI is InChI=1S/C27H32N4O2/c1-19-7-6-14-30(18-19)26(32)21-12-15-29(16-13-21)27(33)22-10-11-25-24(17-22)28-20(2)31(25)23-8-4-3-5-9-23/h3-5,8-11,17,19,21H,6-7,12-16,18H2,1-2H3. The van der Waals surface area contributed by atoms with Gasteiger partial charge >= 0.3 is 0 Å². The van der Waals surface area contributed by atoms with Gasteiger partial charge in [0.05, 0.1) is 11.0 Å². The number of para-hydroxylation sites is 1. The highest BCUT2D eigenvalue weighted by atomic mass is 16.2. The van der Waals surface area contributed by atoms with Crippen molar-refractivity contribution in [3.05, 3.63) is 59.9 Å². The third kappa shape index (κ3) is 4.26. The first-order chi connectivity index (χ1) is 16.0. The summed E-state index contributed by atoms with van der Waals surface area (Å²) in [5, 5.41) is 0. The molecule has 1 atom stereocenters. The number of benzene rings is 2. The number of hydrogen-bond donors (Lipinski definition) is 0. The molecule has 2 fully saturated rings. The van der Waals surface area contributed by atoms with E-state index in [2.05, 4.69) is 28.5 Å². The van der Waals surface area contributed by atoms with E-state index in [1.807, 2.05) is 48.2 Å². The van der Waals surface area contributed by atoms with Crippen LogP contribution in [0.15, 0.2) is 48.5 Å². The maximum atomic E-state index is 13.2. The zero-order valence-corrected chi connectivity index (χ0v) is 19.5. The van der Waals surface area contributed by atoms with Gasteiger partial charge in [-0.15, -0.1) is 0 Å².